The molecule has 0 atom stereocenters. The Balaban J connectivity index is 1.66. The molecular formula is C16H21N2O4+. The molecule has 1 amide bonds. The van der Waals surface area contributed by atoms with Crippen LogP contribution in [0.15, 0.2) is 24.3 Å². The molecular weight excluding hydrogens is 284 g/mol. The zero-order valence-electron chi connectivity index (χ0n) is 12.5. The van der Waals surface area contributed by atoms with Gasteiger partial charge in [-0.3, -0.25) is 9.69 Å². The fraction of sp³-hybridized carbons (Fsp3) is 0.562. The van der Waals surface area contributed by atoms with Crippen LogP contribution in [-0.2, 0) is 24.8 Å². The van der Waals surface area contributed by atoms with Gasteiger partial charge in [0.05, 0.1) is 32.1 Å². The molecule has 3 heterocycles. The van der Waals surface area contributed by atoms with Crippen LogP contribution >= 0.6 is 0 Å². The van der Waals surface area contributed by atoms with Crippen molar-refractivity contribution in [3.8, 4) is 0 Å². The normalized spacial score (nSPS) is 24.7. The van der Waals surface area contributed by atoms with Gasteiger partial charge >= 0.3 is 0 Å². The number of morpholine rings is 1. The lowest BCUT2D eigenvalue weighted by Crippen LogP contribution is -3.15. The van der Waals surface area contributed by atoms with Gasteiger partial charge in [0.15, 0.2) is 6.67 Å². The quantitative estimate of drug-likeness (QED) is 0.800. The average molecular weight is 305 g/mol. The van der Waals surface area contributed by atoms with Crippen LogP contribution in [0.2, 0.25) is 0 Å². The zero-order chi connectivity index (χ0) is 15.0. The maximum Gasteiger partial charge on any atom is 0.296 e. The van der Waals surface area contributed by atoms with Crippen LogP contribution in [0.4, 0.5) is 5.69 Å². The largest absolute Gasteiger partial charge is 0.370 e. The number of hydrogen-bond donors (Lipinski definition) is 1. The smallest absolute Gasteiger partial charge is 0.296 e. The molecule has 1 aromatic carbocycles. The van der Waals surface area contributed by atoms with Gasteiger partial charge in [-0.15, -0.1) is 0 Å². The standard InChI is InChI=1S/C16H20N2O4/c19-15-16(21-8-3-9-22-16)13-4-1-2-5-14(13)18(15)12-17-6-10-20-11-7-17/h1-2,4-5H,3,6-12H2/p+1. The van der Waals surface area contributed by atoms with Crippen LogP contribution < -0.4 is 9.80 Å². The summed E-state index contributed by atoms with van der Waals surface area (Å²) in [6, 6.07) is 7.80. The van der Waals surface area contributed by atoms with E-state index in [2.05, 4.69) is 0 Å². The summed E-state index contributed by atoms with van der Waals surface area (Å²) in [6.45, 7) is 5.07. The van der Waals surface area contributed by atoms with Gasteiger partial charge in [-0.05, 0) is 12.5 Å². The van der Waals surface area contributed by atoms with Gasteiger partial charge in [0.25, 0.3) is 11.7 Å². The van der Waals surface area contributed by atoms with Crippen LogP contribution in [0.1, 0.15) is 12.0 Å². The second-order valence-electron chi connectivity index (χ2n) is 5.94. The molecule has 0 unspecified atom stereocenters. The van der Waals surface area contributed by atoms with Gasteiger partial charge in [-0.2, -0.15) is 0 Å². The molecule has 6 heteroatoms. The van der Waals surface area contributed by atoms with E-state index in [1.54, 1.807) is 0 Å². The van der Waals surface area contributed by atoms with Gasteiger partial charge in [0.1, 0.15) is 13.1 Å². The first-order chi connectivity index (χ1) is 10.8. The molecule has 2 saturated heterocycles. The molecule has 1 aromatic rings. The number of para-hydroxylation sites is 1. The molecule has 1 spiro atoms. The lowest BCUT2D eigenvalue weighted by Gasteiger charge is -2.33. The Morgan fingerprint density at radius 2 is 1.82 bits per heavy atom. The molecule has 0 aliphatic carbocycles. The summed E-state index contributed by atoms with van der Waals surface area (Å²) < 4.78 is 17.1. The Morgan fingerprint density at radius 1 is 1.09 bits per heavy atom. The number of carbonyl (C=O) groups excluding carboxylic acids is 1. The van der Waals surface area contributed by atoms with E-state index in [0.29, 0.717) is 19.9 Å². The average Bonchev–Trinajstić information content (AvgIpc) is 2.80. The van der Waals surface area contributed by atoms with Gasteiger partial charge in [-0.25, -0.2) is 0 Å². The molecule has 2 fully saturated rings. The molecule has 0 saturated carbocycles. The maximum atomic E-state index is 13.0. The fourth-order valence-electron chi connectivity index (χ4n) is 3.40. The molecule has 0 bridgehead atoms. The van der Waals surface area contributed by atoms with Crippen LogP contribution in [0, 0.1) is 0 Å². The van der Waals surface area contributed by atoms with E-state index >= 15 is 0 Å². The topological polar surface area (TPSA) is 52.4 Å². The van der Waals surface area contributed by atoms with Crippen LogP contribution in [0.25, 0.3) is 0 Å². The SMILES string of the molecule is O=C1N(C[NH+]2CCOCC2)c2ccccc2C12OCCCO2. The number of carbonyl (C=O) groups is 1. The van der Waals surface area contributed by atoms with Crippen molar-refractivity contribution in [1.82, 2.24) is 0 Å². The van der Waals surface area contributed by atoms with Crippen molar-refractivity contribution >= 4 is 11.6 Å². The van der Waals surface area contributed by atoms with Gasteiger partial charge in [0.2, 0.25) is 0 Å². The minimum atomic E-state index is -1.22. The summed E-state index contributed by atoms with van der Waals surface area (Å²) in [6.07, 6.45) is 0.825. The Bertz CT molecular complexity index is 565. The number of quaternary nitrogens is 1. The van der Waals surface area contributed by atoms with Crippen LogP contribution in [0.5, 0.6) is 0 Å². The summed E-state index contributed by atoms with van der Waals surface area (Å²) in [5, 5.41) is 0. The number of ether oxygens (including phenoxy) is 3. The second-order valence-corrected chi connectivity index (χ2v) is 5.94. The van der Waals surface area contributed by atoms with E-state index in [9.17, 15) is 4.79 Å². The van der Waals surface area contributed by atoms with E-state index in [1.807, 2.05) is 29.2 Å². The second kappa shape index (κ2) is 5.62. The monoisotopic (exact) mass is 305 g/mol. The number of amides is 1. The number of benzene rings is 1. The number of rotatable bonds is 2. The number of nitrogens with zero attached hydrogens (tertiary/aromatic N) is 1. The molecule has 0 aromatic heterocycles. The van der Waals surface area contributed by atoms with Crippen LogP contribution in [0.3, 0.4) is 0 Å². The summed E-state index contributed by atoms with van der Waals surface area (Å²) in [5.41, 5.74) is 1.75. The number of fused-ring (bicyclic) bond motifs is 2. The van der Waals surface area contributed by atoms with Crippen molar-refractivity contribution in [2.75, 3.05) is 51.1 Å². The van der Waals surface area contributed by atoms with Crippen molar-refractivity contribution in [3.63, 3.8) is 0 Å². The first kappa shape index (κ1) is 14.1. The maximum absolute atomic E-state index is 13.0. The lowest BCUT2D eigenvalue weighted by molar-refractivity contribution is -0.906. The highest BCUT2D eigenvalue weighted by molar-refractivity contribution is 6.05. The van der Waals surface area contributed by atoms with E-state index in [4.69, 9.17) is 14.2 Å². The Kier molecular flexibility index (Phi) is 3.62. The van der Waals surface area contributed by atoms with Crippen molar-refractivity contribution in [1.29, 1.82) is 0 Å². The van der Waals surface area contributed by atoms with Crippen molar-refractivity contribution in [2.45, 2.75) is 12.2 Å². The van der Waals surface area contributed by atoms with E-state index in [0.717, 1.165) is 44.0 Å². The fourth-order valence-corrected chi connectivity index (χ4v) is 3.40. The molecule has 22 heavy (non-hydrogen) atoms. The third kappa shape index (κ3) is 2.14. The third-order valence-corrected chi connectivity index (χ3v) is 4.56. The molecule has 3 aliphatic heterocycles. The summed E-state index contributed by atoms with van der Waals surface area (Å²) in [5.74, 6) is -1.31. The predicted molar refractivity (Wildman–Crippen MR) is 78.5 cm³/mol. The number of anilines is 1. The van der Waals surface area contributed by atoms with E-state index in [1.165, 1.54) is 4.90 Å². The molecule has 6 nitrogen and oxygen atoms in total. The summed E-state index contributed by atoms with van der Waals surface area (Å²) in [7, 11) is 0. The zero-order valence-corrected chi connectivity index (χ0v) is 12.5. The molecule has 0 radical (unpaired) electrons. The Hall–Kier alpha value is -1.47. The first-order valence-corrected chi connectivity index (χ1v) is 7.92. The molecule has 4 rings (SSSR count). The van der Waals surface area contributed by atoms with Crippen molar-refractivity contribution in [2.24, 2.45) is 0 Å². The number of hydrogen-bond acceptors (Lipinski definition) is 4. The molecule has 118 valence electrons. The van der Waals surface area contributed by atoms with Crippen molar-refractivity contribution < 1.29 is 23.9 Å². The predicted octanol–water partition coefficient (Wildman–Crippen LogP) is -0.504. The van der Waals surface area contributed by atoms with Gasteiger partial charge < -0.3 is 19.1 Å². The minimum Gasteiger partial charge on any atom is -0.370 e. The van der Waals surface area contributed by atoms with Crippen LogP contribution in [-0.4, -0.2) is 52.1 Å². The van der Waals surface area contributed by atoms with E-state index < -0.39 is 5.79 Å². The number of nitrogens with one attached hydrogen (secondary N) is 1. The third-order valence-electron chi connectivity index (χ3n) is 4.56. The lowest BCUT2D eigenvalue weighted by atomic mass is 10.1. The van der Waals surface area contributed by atoms with Crippen molar-refractivity contribution in [3.05, 3.63) is 29.8 Å². The first-order valence-electron chi connectivity index (χ1n) is 7.92. The summed E-state index contributed by atoms with van der Waals surface area (Å²) in [4.78, 5) is 16.2. The van der Waals surface area contributed by atoms with Gasteiger partial charge in [0, 0.05) is 5.56 Å². The van der Waals surface area contributed by atoms with E-state index in [-0.39, 0.29) is 5.91 Å². The molecule has 1 N–H and O–H groups in total. The highest BCUT2D eigenvalue weighted by Crippen LogP contribution is 2.44. The van der Waals surface area contributed by atoms with Gasteiger partial charge in [-0.1, -0.05) is 18.2 Å². The Labute approximate surface area is 129 Å². The summed E-state index contributed by atoms with van der Waals surface area (Å²) >= 11 is 0. The minimum absolute atomic E-state index is 0.0904. The Morgan fingerprint density at radius 3 is 2.59 bits per heavy atom. The highest BCUT2D eigenvalue weighted by Gasteiger charge is 2.55. The highest BCUT2D eigenvalue weighted by atomic mass is 16.7. The molecule has 3 aliphatic rings.